The third-order valence-electron chi connectivity index (χ3n) is 3.56. The number of anilines is 2. The van der Waals surface area contributed by atoms with E-state index in [1.165, 1.54) is 0 Å². The number of benzene rings is 3. The van der Waals surface area contributed by atoms with Crippen LogP contribution in [0.5, 0.6) is 0 Å². The van der Waals surface area contributed by atoms with Crippen LogP contribution in [0.4, 0.5) is 11.4 Å². The van der Waals surface area contributed by atoms with Gasteiger partial charge in [-0.15, -0.1) is 0 Å². The van der Waals surface area contributed by atoms with Crippen molar-refractivity contribution >= 4 is 50.5 Å². The molecular weight excluding hydrogens is 396 g/mol. The Morgan fingerprint density at radius 2 is 1.28 bits per heavy atom. The molecule has 0 unspecified atom stereocenters. The van der Waals surface area contributed by atoms with Gasteiger partial charge in [0.25, 0.3) is 5.91 Å². The number of nitrogens with one attached hydrogen (secondary N) is 1. The summed E-state index contributed by atoms with van der Waals surface area (Å²) >= 11 is 8.89. The first-order valence-corrected chi connectivity index (χ1v) is 8.86. The zero-order valence-corrected chi connectivity index (χ0v) is 15.6. The lowest BCUT2D eigenvalue weighted by Gasteiger charge is -2.25. The highest BCUT2D eigenvalue weighted by Gasteiger charge is 2.17. The summed E-state index contributed by atoms with van der Waals surface area (Å²) in [7, 11) is 0. The van der Waals surface area contributed by atoms with Gasteiger partial charge in [-0.1, -0.05) is 52.3 Å². The lowest BCUT2D eigenvalue weighted by molar-refractivity contribution is 0.0977. The van der Waals surface area contributed by atoms with E-state index in [0.717, 1.165) is 15.8 Å². The largest absolute Gasteiger partial charge is 0.298 e. The highest BCUT2D eigenvalue weighted by Crippen LogP contribution is 2.25. The van der Waals surface area contributed by atoms with Gasteiger partial charge in [0.05, 0.1) is 0 Å². The van der Waals surface area contributed by atoms with Gasteiger partial charge in [-0.25, -0.2) is 0 Å². The zero-order chi connectivity index (χ0) is 17.6. The highest BCUT2D eigenvalue weighted by molar-refractivity contribution is 9.10. The van der Waals surface area contributed by atoms with Crippen LogP contribution in [-0.4, -0.2) is 11.0 Å². The molecule has 0 heterocycles. The van der Waals surface area contributed by atoms with Crippen molar-refractivity contribution in [1.82, 2.24) is 5.32 Å². The molecule has 0 fully saturated rings. The summed E-state index contributed by atoms with van der Waals surface area (Å²) in [5.41, 5.74) is 2.32. The Morgan fingerprint density at radius 3 is 1.76 bits per heavy atom. The van der Waals surface area contributed by atoms with Crippen molar-refractivity contribution in [2.75, 3.05) is 4.90 Å². The minimum atomic E-state index is -0.241. The third kappa shape index (κ3) is 4.32. The maximum atomic E-state index is 12.5. The molecule has 5 heteroatoms. The molecule has 3 nitrogen and oxygen atoms in total. The number of hydrogen-bond donors (Lipinski definition) is 1. The Kier molecular flexibility index (Phi) is 5.58. The van der Waals surface area contributed by atoms with Crippen molar-refractivity contribution < 1.29 is 4.79 Å². The summed E-state index contributed by atoms with van der Waals surface area (Å²) in [6, 6.07) is 26.6. The third-order valence-corrected chi connectivity index (χ3v) is 4.37. The lowest BCUT2D eigenvalue weighted by Crippen LogP contribution is -2.40. The molecule has 0 aliphatic rings. The highest BCUT2D eigenvalue weighted by atomic mass is 79.9. The van der Waals surface area contributed by atoms with E-state index in [1.807, 2.05) is 77.7 Å². The normalized spacial score (nSPS) is 10.1. The first-order chi connectivity index (χ1) is 12.1. The smallest absolute Gasteiger partial charge is 0.257 e. The van der Waals surface area contributed by atoms with E-state index in [-0.39, 0.29) is 5.91 Å². The topological polar surface area (TPSA) is 32.3 Å². The van der Waals surface area contributed by atoms with E-state index in [4.69, 9.17) is 12.2 Å². The maximum Gasteiger partial charge on any atom is 0.257 e. The molecule has 0 bridgehead atoms. The van der Waals surface area contributed by atoms with Crippen molar-refractivity contribution in [1.29, 1.82) is 0 Å². The minimum Gasteiger partial charge on any atom is -0.298 e. The van der Waals surface area contributed by atoms with Crippen LogP contribution in [0.15, 0.2) is 89.4 Å². The van der Waals surface area contributed by atoms with Crippen molar-refractivity contribution in [2.45, 2.75) is 0 Å². The Labute approximate surface area is 160 Å². The fraction of sp³-hybridized carbons (Fsp3) is 0. The quantitative estimate of drug-likeness (QED) is 0.594. The number of hydrogen-bond acceptors (Lipinski definition) is 2. The number of halogens is 1. The number of amides is 1. The summed E-state index contributed by atoms with van der Waals surface area (Å²) in [5.74, 6) is -0.241. The Hall–Kier alpha value is -2.50. The first kappa shape index (κ1) is 17.3. The van der Waals surface area contributed by atoms with E-state index >= 15 is 0 Å². The number of carbonyl (C=O) groups is 1. The Balaban J connectivity index is 1.87. The molecule has 0 atom stereocenters. The summed E-state index contributed by atoms with van der Waals surface area (Å²) in [4.78, 5) is 14.3. The molecule has 0 saturated heterocycles. The van der Waals surface area contributed by atoms with Gasteiger partial charge in [-0.05, 0) is 60.7 Å². The van der Waals surface area contributed by atoms with Gasteiger partial charge < -0.3 is 0 Å². The Bertz CT molecular complexity index is 828. The van der Waals surface area contributed by atoms with Gasteiger partial charge in [-0.2, -0.15) is 0 Å². The van der Waals surface area contributed by atoms with E-state index in [2.05, 4.69) is 21.2 Å². The molecule has 1 amide bonds. The number of thiocarbonyl (C=S) groups is 1. The molecular formula is C20H15BrN2OS. The van der Waals surface area contributed by atoms with E-state index < -0.39 is 0 Å². The Morgan fingerprint density at radius 1 is 0.800 bits per heavy atom. The second-order valence-corrected chi connectivity index (χ2v) is 6.58. The standard InChI is InChI=1S/C20H15BrN2OS/c21-16-13-11-15(12-14-16)19(24)22-20(25)23(17-7-3-1-4-8-17)18-9-5-2-6-10-18/h1-14H,(H,22,24,25). The number of carbonyl (C=O) groups excluding carboxylic acids is 1. The monoisotopic (exact) mass is 410 g/mol. The van der Waals surface area contributed by atoms with Crippen LogP contribution in [0.25, 0.3) is 0 Å². The fourth-order valence-corrected chi connectivity index (χ4v) is 2.93. The molecule has 0 spiro atoms. The van der Waals surface area contributed by atoms with Crippen molar-refractivity contribution in [2.24, 2.45) is 0 Å². The van der Waals surface area contributed by atoms with E-state index in [1.54, 1.807) is 12.1 Å². The predicted octanol–water partition coefficient (Wildman–Crippen LogP) is 5.30. The van der Waals surface area contributed by atoms with Crippen molar-refractivity contribution in [3.63, 3.8) is 0 Å². The minimum absolute atomic E-state index is 0.241. The van der Waals surface area contributed by atoms with Crippen LogP contribution in [-0.2, 0) is 0 Å². The predicted molar refractivity (Wildman–Crippen MR) is 109 cm³/mol. The van der Waals surface area contributed by atoms with Crippen LogP contribution in [0.3, 0.4) is 0 Å². The summed E-state index contributed by atoms with van der Waals surface area (Å²) in [6.45, 7) is 0. The molecule has 0 aromatic heterocycles. The van der Waals surface area contributed by atoms with E-state index in [0.29, 0.717) is 10.7 Å². The second-order valence-electron chi connectivity index (χ2n) is 5.27. The molecule has 0 aliphatic heterocycles. The molecule has 1 N–H and O–H groups in total. The van der Waals surface area contributed by atoms with E-state index in [9.17, 15) is 4.79 Å². The molecule has 3 aromatic rings. The zero-order valence-electron chi connectivity index (χ0n) is 13.2. The molecule has 3 aromatic carbocycles. The van der Waals surface area contributed by atoms with Crippen LogP contribution in [0.1, 0.15) is 10.4 Å². The van der Waals surface area contributed by atoms with Gasteiger partial charge in [0.2, 0.25) is 0 Å². The molecule has 25 heavy (non-hydrogen) atoms. The summed E-state index contributed by atoms with van der Waals surface area (Å²) in [5, 5.41) is 3.14. The first-order valence-electron chi connectivity index (χ1n) is 7.66. The average molecular weight is 411 g/mol. The van der Waals surface area contributed by atoms with Gasteiger partial charge in [0.15, 0.2) is 5.11 Å². The van der Waals surface area contributed by atoms with Crippen molar-refractivity contribution in [3.05, 3.63) is 95.0 Å². The van der Waals surface area contributed by atoms with Gasteiger partial charge in [-0.3, -0.25) is 15.0 Å². The van der Waals surface area contributed by atoms with Gasteiger partial charge >= 0.3 is 0 Å². The maximum absolute atomic E-state index is 12.5. The number of rotatable bonds is 3. The van der Waals surface area contributed by atoms with Crippen LogP contribution in [0.2, 0.25) is 0 Å². The molecule has 124 valence electrons. The second kappa shape index (κ2) is 8.05. The van der Waals surface area contributed by atoms with Crippen molar-refractivity contribution in [3.8, 4) is 0 Å². The van der Waals surface area contributed by atoms with Crippen LogP contribution in [0, 0.1) is 0 Å². The summed E-state index contributed by atoms with van der Waals surface area (Å²) in [6.07, 6.45) is 0. The number of para-hydroxylation sites is 2. The number of nitrogens with zero attached hydrogens (tertiary/aromatic N) is 1. The molecule has 0 aliphatic carbocycles. The molecule has 0 radical (unpaired) electrons. The average Bonchev–Trinajstić information content (AvgIpc) is 2.64. The van der Waals surface area contributed by atoms with Crippen LogP contribution < -0.4 is 10.2 Å². The molecule has 0 saturated carbocycles. The lowest BCUT2D eigenvalue weighted by atomic mass is 10.2. The summed E-state index contributed by atoms with van der Waals surface area (Å²) < 4.78 is 0.918. The molecule has 3 rings (SSSR count). The fourth-order valence-electron chi connectivity index (χ4n) is 2.36. The van der Waals surface area contributed by atoms with Gasteiger partial charge in [0, 0.05) is 21.4 Å². The SMILES string of the molecule is O=C(NC(=S)N(c1ccccc1)c1ccccc1)c1ccc(Br)cc1. The van der Waals surface area contributed by atoms with Gasteiger partial charge in [0.1, 0.15) is 0 Å². The van der Waals surface area contributed by atoms with Crippen LogP contribution >= 0.6 is 28.1 Å².